The minimum atomic E-state index is -4.06. The average Bonchev–Trinajstić information content (AvgIpc) is 2.76. The van der Waals surface area contributed by atoms with Gasteiger partial charge in [-0.1, -0.05) is 12.1 Å². The van der Waals surface area contributed by atoms with Gasteiger partial charge < -0.3 is 5.73 Å². The van der Waals surface area contributed by atoms with Crippen molar-refractivity contribution in [3.63, 3.8) is 0 Å². The van der Waals surface area contributed by atoms with E-state index in [4.69, 9.17) is 5.73 Å². The fourth-order valence-electron chi connectivity index (χ4n) is 1.45. The summed E-state index contributed by atoms with van der Waals surface area (Å²) < 4.78 is 24.4. The quantitative estimate of drug-likeness (QED) is 0.623. The molecule has 1 aromatic carbocycles. The zero-order chi connectivity index (χ0) is 13.3. The van der Waals surface area contributed by atoms with Crippen molar-refractivity contribution in [1.82, 2.24) is 10.2 Å². The third-order valence-corrected chi connectivity index (χ3v) is 4.10. The zero-order valence-electron chi connectivity index (χ0n) is 8.90. The van der Waals surface area contributed by atoms with Crippen LogP contribution >= 0.6 is 0 Å². The summed E-state index contributed by atoms with van der Waals surface area (Å²) in [6.07, 6.45) is 1.02. The molecular formula is C9H8N4O4S. The Morgan fingerprint density at radius 2 is 1.94 bits per heavy atom. The summed E-state index contributed by atoms with van der Waals surface area (Å²) in [7, 11) is -4.06. The van der Waals surface area contributed by atoms with Crippen LogP contribution in [0.3, 0.4) is 0 Å². The second-order valence-corrected chi connectivity index (χ2v) is 5.26. The van der Waals surface area contributed by atoms with Crippen LogP contribution in [0.15, 0.2) is 40.3 Å². The van der Waals surface area contributed by atoms with Gasteiger partial charge in [0, 0.05) is 6.07 Å². The van der Waals surface area contributed by atoms with Gasteiger partial charge in [0.15, 0.2) is 0 Å². The van der Waals surface area contributed by atoms with Crippen LogP contribution in [0.1, 0.15) is 0 Å². The summed E-state index contributed by atoms with van der Waals surface area (Å²) in [6, 6.07) is 5.05. The first-order valence-electron chi connectivity index (χ1n) is 4.72. The number of para-hydroxylation sites is 1. The second-order valence-electron chi connectivity index (χ2n) is 3.38. The zero-order valence-corrected chi connectivity index (χ0v) is 9.72. The van der Waals surface area contributed by atoms with Gasteiger partial charge in [-0.25, -0.2) is 8.42 Å². The average molecular weight is 268 g/mol. The first-order valence-corrected chi connectivity index (χ1v) is 6.20. The maximum Gasteiger partial charge on any atom is 0.288 e. The second kappa shape index (κ2) is 4.11. The van der Waals surface area contributed by atoms with Crippen LogP contribution < -0.4 is 5.73 Å². The molecule has 0 amide bonds. The molecule has 0 aliphatic rings. The van der Waals surface area contributed by atoms with Gasteiger partial charge in [-0.2, -0.15) is 5.10 Å². The van der Waals surface area contributed by atoms with Crippen molar-refractivity contribution >= 4 is 21.3 Å². The van der Waals surface area contributed by atoms with Crippen LogP contribution in [0.4, 0.5) is 11.5 Å². The lowest BCUT2D eigenvalue weighted by molar-refractivity contribution is -0.387. The molecule has 18 heavy (non-hydrogen) atoms. The van der Waals surface area contributed by atoms with Gasteiger partial charge in [-0.05, 0) is 6.07 Å². The molecule has 0 bridgehead atoms. The van der Waals surface area contributed by atoms with Crippen molar-refractivity contribution < 1.29 is 13.3 Å². The Morgan fingerprint density at radius 3 is 2.50 bits per heavy atom. The molecule has 0 saturated heterocycles. The molecule has 1 heterocycles. The van der Waals surface area contributed by atoms with E-state index < -0.39 is 25.3 Å². The van der Waals surface area contributed by atoms with E-state index >= 15 is 0 Å². The third-order valence-electron chi connectivity index (χ3n) is 2.27. The van der Waals surface area contributed by atoms with E-state index in [-0.39, 0.29) is 10.7 Å². The Hall–Kier alpha value is -2.42. The highest BCUT2D eigenvalue weighted by atomic mass is 32.2. The standard InChI is InChI=1S/C9H8N4O4S/c10-9-8(5-11-12-9)18(16,17)7-4-2-1-3-6(7)13(14)15/h1-5H,(H3,10,11,12). The summed E-state index contributed by atoms with van der Waals surface area (Å²) in [6.45, 7) is 0. The topological polar surface area (TPSA) is 132 Å². The fraction of sp³-hybridized carbons (Fsp3) is 0. The summed E-state index contributed by atoms with van der Waals surface area (Å²) in [5.74, 6) is -0.159. The van der Waals surface area contributed by atoms with E-state index in [1.54, 1.807) is 0 Å². The van der Waals surface area contributed by atoms with Gasteiger partial charge in [0.1, 0.15) is 15.6 Å². The number of nitrogens with two attached hydrogens (primary N) is 1. The molecule has 1 aromatic heterocycles. The highest BCUT2D eigenvalue weighted by Crippen LogP contribution is 2.30. The molecule has 3 N–H and O–H groups in total. The molecule has 0 radical (unpaired) electrons. The molecule has 0 unspecified atom stereocenters. The number of hydrogen-bond acceptors (Lipinski definition) is 6. The van der Waals surface area contributed by atoms with E-state index in [2.05, 4.69) is 10.2 Å². The van der Waals surface area contributed by atoms with Crippen molar-refractivity contribution in [1.29, 1.82) is 0 Å². The number of benzene rings is 1. The highest BCUT2D eigenvalue weighted by molar-refractivity contribution is 7.91. The van der Waals surface area contributed by atoms with Crippen LogP contribution in [-0.2, 0) is 9.84 Å². The minimum absolute atomic E-state index is 0.159. The van der Waals surface area contributed by atoms with E-state index in [1.807, 2.05) is 0 Å². The molecule has 8 nitrogen and oxygen atoms in total. The number of nitrogens with zero attached hydrogens (tertiary/aromatic N) is 2. The van der Waals surface area contributed by atoms with Gasteiger partial charge >= 0.3 is 0 Å². The van der Waals surface area contributed by atoms with Crippen molar-refractivity contribution in [2.75, 3.05) is 5.73 Å². The van der Waals surface area contributed by atoms with Crippen molar-refractivity contribution in [3.8, 4) is 0 Å². The maximum absolute atomic E-state index is 12.2. The molecule has 2 aromatic rings. The predicted octanol–water partition coefficient (Wildman–Crippen LogP) is 0.733. The van der Waals surface area contributed by atoms with Gasteiger partial charge in [0.25, 0.3) is 5.69 Å². The van der Waals surface area contributed by atoms with E-state index in [0.717, 1.165) is 18.3 Å². The number of H-pyrrole nitrogens is 1. The number of nitrogens with one attached hydrogen (secondary N) is 1. The van der Waals surface area contributed by atoms with E-state index in [9.17, 15) is 18.5 Å². The molecular weight excluding hydrogens is 260 g/mol. The number of nitrogen functional groups attached to an aromatic ring is 1. The molecule has 94 valence electrons. The van der Waals surface area contributed by atoms with Crippen molar-refractivity contribution in [3.05, 3.63) is 40.6 Å². The monoisotopic (exact) mass is 268 g/mol. The maximum atomic E-state index is 12.2. The number of anilines is 1. The smallest absolute Gasteiger partial charge is 0.288 e. The molecule has 0 atom stereocenters. The van der Waals surface area contributed by atoms with Gasteiger partial charge in [-0.3, -0.25) is 15.2 Å². The number of sulfone groups is 1. The van der Waals surface area contributed by atoms with Gasteiger partial charge in [0.05, 0.1) is 11.1 Å². The SMILES string of the molecule is Nc1[nH]ncc1S(=O)(=O)c1ccccc1[N+](=O)[O-]. The lowest BCUT2D eigenvalue weighted by Gasteiger charge is -2.03. The van der Waals surface area contributed by atoms with Gasteiger partial charge in [0.2, 0.25) is 9.84 Å². The molecule has 0 fully saturated rings. The third kappa shape index (κ3) is 1.80. The number of nitro groups is 1. The largest absolute Gasteiger partial charge is 0.383 e. The van der Waals surface area contributed by atoms with Crippen LogP contribution in [0.2, 0.25) is 0 Å². The lowest BCUT2D eigenvalue weighted by atomic mass is 10.3. The van der Waals surface area contributed by atoms with Crippen molar-refractivity contribution in [2.45, 2.75) is 9.79 Å². The van der Waals surface area contributed by atoms with Gasteiger partial charge in [-0.15, -0.1) is 0 Å². The van der Waals surface area contributed by atoms with Crippen molar-refractivity contribution in [2.24, 2.45) is 0 Å². The summed E-state index contributed by atoms with van der Waals surface area (Å²) in [5, 5.41) is 16.6. The normalized spacial score (nSPS) is 11.3. The Morgan fingerprint density at radius 1 is 1.28 bits per heavy atom. The number of nitro benzene ring substituents is 1. The predicted molar refractivity (Wildman–Crippen MR) is 61.5 cm³/mol. The first-order chi connectivity index (χ1) is 8.44. The molecule has 0 spiro atoms. The molecule has 0 saturated carbocycles. The Kier molecular flexibility index (Phi) is 2.75. The van der Waals surface area contributed by atoms with Crippen LogP contribution in [-0.4, -0.2) is 23.5 Å². The summed E-state index contributed by atoms with van der Waals surface area (Å²) >= 11 is 0. The number of rotatable bonds is 3. The minimum Gasteiger partial charge on any atom is -0.383 e. The summed E-state index contributed by atoms with van der Waals surface area (Å²) in [5.41, 5.74) is 4.92. The van der Waals surface area contributed by atoms with Crippen LogP contribution in [0.25, 0.3) is 0 Å². The Bertz CT molecular complexity index is 707. The lowest BCUT2D eigenvalue weighted by Crippen LogP contribution is -2.06. The Labute approximate surface area is 102 Å². The number of aromatic nitrogens is 2. The number of hydrogen-bond donors (Lipinski definition) is 2. The van der Waals surface area contributed by atoms with Crippen LogP contribution in [0, 0.1) is 10.1 Å². The molecule has 0 aliphatic carbocycles. The van der Waals surface area contributed by atoms with E-state index in [1.165, 1.54) is 12.1 Å². The summed E-state index contributed by atoms with van der Waals surface area (Å²) in [4.78, 5) is 9.35. The first kappa shape index (κ1) is 12.0. The highest BCUT2D eigenvalue weighted by Gasteiger charge is 2.29. The molecule has 0 aliphatic heterocycles. The molecule has 2 rings (SSSR count). The number of aromatic amines is 1. The van der Waals surface area contributed by atoms with Crippen LogP contribution in [0.5, 0.6) is 0 Å². The fourth-order valence-corrected chi connectivity index (χ4v) is 2.89. The molecule has 9 heteroatoms. The Balaban J connectivity index is 2.70. The van der Waals surface area contributed by atoms with E-state index in [0.29, 0.717) is 0 Å².